The van der Waals surface area contributed by atoms with E-state index in [2.05, 4.69) is 46.6 Å². The molecule has 10 heteroatoms. The molecule has 0 radical (unpaired) electrons. The van der Waals surface area contributed by atoms with E-state index < -0.39 is 10.9 Å². The Hall–Kier alpha value is -2.52. The van der Waals surface area contributed by atoms with E-state index in [1.807, 2.05) is 0 Å². The molecule has 1 aromatic carbocycles. The molecule has 1 atom stereocenters. The van der Waals surface area contributed by atoms with Crippen LogP contribution < -0.4 is 5.32 Å². The number of amides is 1. The Kier molecular flexibility index (Phi) is 6.64. The summed E-state index contributed by atoms with van der Waals surface area (Å²) in [7, 11) is 0. The van der Waals surface area contributed by atoms with Gasteiger partial charge >= 0.3 is 5.95 Å². The van der Waals surface area contributed by atoms with Gasteiger partial charge in [-0.3, -0.25) is 4.79 Å². The van der Waals surface area contributed by atoms with E-state index in [0.717, 1.165) is 12.0 Å². The van der Waals surface area contributed by atoms with Gasteiger partial charge in [0.05, 0.1) is 6.04 Å². The van der Waals surface area contributed by atoms with Crippen molar-refractivity contribution in [2.45, 2.75) is 25.9 Å². The molecule has 1 unspecified atom stereocenters. The molecule has 1 saturated heterocycles. The molecule has 1 N–H and O–H groups in total. The minimum Gasteiger partial charge on any atom is -0.390 e. The summed E-state index contributed by atoms with van der Waals surface area (Å²) in [4.78, 5) is 28.0. The number of aromatic nitrogens is 3. The molecule has 2 heterocycles. The fourth-order valence-electron chi connectivity index (χ4n) is 2.95. The first-order valence-electron chi connectivity index (χ1n) is 8.21. The summed E-state index contributed by atoms with van der Waals surface area (Å²) >= 11 is 0. The zero-order chi connectivity index (χ0) is 17.8. The first kappa shape index (κ1) is 19.8. The highest BCUT2D eigenvalue weighted by Gasteiger charge is 2.29. The third-order valence-electron chi connectivity index (χ3n) is 4.32. The fourth-order valence-corrected chi connectivity index (χ4v) is 2.95. The first-order chi connectivity index (χ1) is 12.1. The molecule has 0 spiro atoms. The normalized spacial score (nSPS) is 16.8. The Morgan fingerprint density at radius 3 is 2.73 bits per heavy atom. The summed E-state index contributed by atoms with van der Waals surface area (Å²) in [5, 5.41) is 17.7. The topological polar surface area (TPSA) is 106 Å². The number of hydrogen-bond donors (Lipinski definition) is 1. The Morgan fingerprint density at radius 1 is 1.38 bits per heavy atom. The minimum atomic E-state index is -0.677. The average Bonchev–Trinajstić information content (AvgIpc) is 3.10. The van der Waals surface area contributed by atoms with Crippen molar-refractivity contribution in [2.24, 2.45) is 0 Å². The van der Waals surface area contributed by atoms with Gasteiger partial charge < -0.3 is 20.3 Å². The smallest absolute Gasteiger partial charge is 0.390 e. The van der Waals surface area contributed by atoms with Gasteiger partial charge in [0.2, 0.25) is 12.2 Å². The molecule has 1 fully saturated rings. The molecule has 0 bridgehead atoms. The fraction of sp³-hybridized carbons (Fsp3) is 0.438. The van der Waals surface area contributed by atoms with E-state index in [1.165, 1.54) is 16.6 Å². The highest BCUT2D eigenvalue weighted by molar-refractivity contribution is 5.85. The van der Waals surface area contributed by atoms with E-state index >= 15 is 0 Å². The zero-order valence-electron chi connectivity index (χ0n) is 14.4. The molecule has 3 rings (SSSR count). The van der Waals surface area contributed by atoms with Crippen LogP contribution in [0.5, 0.6) is 0 Å². The predicted molar refractivity (Wildman–Crippen MR) is 97.1 cm³/mol. The maximum atomic E-state index is 12.7. The van der Waals surface area contributed by atoms with Gasteiger partial charge in [-0.25, -0.2) is 0 Å². The Bertz CT molecular complexity index is 764. The van der Waals surface area contributed by atoms with Gasteiger partial charge in [0.15, 0.2) is 0 Å². The number of nitrogens with zero attached hydrogens (tertiary/aromatic N) is 5. The van der Waals surface area contributed by atoms with Crippen molar-refractivity contribution >= 4 is 24.3 Å². The number of aryl methyl sites for hydroxylation is 1. The molecular weight excluding hydrogens is 360 g/mol. The zero-order valence-corrected chi connectivity index (χ0v) is 15.2. The number of piperazine rings is 1. The summed E-state index contributed by atoms with van der Waals surface area (Å²) in [6, 6.07) is 8.19. The van der Waals surface area contributed by atoms with Crippen LogP contribution in [0.25, 0.3) is 0 Å². The number of halogens is 1. The quantitative estimate of drug-likeness (QED) is 0.619. The molecule has 0 aliphatic carbocycles. The highest BCUT2D eigenvalue weighted by Crippen LogP contribution is 2.23. The van der Waals surface area contributed by atoms with Crippen LogP contribution in [0, 0.1) is 10.1 Å². The van der Waals surface area contributed by atoms with Crippen LogP contribution in [0.1, 0.15) is 24.1 Å². The van der Waals surface area contributed by atoms with Gasteiger partial charge in [-0.05, 0) is 22.5 Å². The lowest BCUT2D eigenvalue weighted by atomic mass is 10.0. The molecule has 26 heavy (non-hydrogen) atoms. The number of hydrogen-bond acceptors (Lipinski definition) is 6. The van der Waals surface area contributed by atoms with E-state index in [0.29, 0.717) is 19.6 Å². The lowest BCUT2D eigenvalue weighted by Gasteiger charge is -2.36. The largest absolute Gasteiger partial charge is 0.490 e. The van der Waals surface area contributed by atoms with Crippen LogP contribution in [-0.2, 0) is 17.8 Å². The van der Waals surface area contributed by atoms with Crippen LogP contribution >= 0.6 is 12.4 Å². The predicted octanol–water partition coefficient (Wildman–Crippen LogP) is 1.34. The van der Waals surface area contributed by atoms with Crippen molar-refractivity contribution in [3.05, 3.63) is 51.8 Å². The summed E-state index contributed by atoms with van der Waals surface area (Å²) < 4.78 is 1.21. The van der Waals surface area contributed by atoms with Crippen LogP contribution in [-0.4, -0.2) is 50.1 Å². The maximum absolute atomic E-state index is 12.7. The van der Waals surface area contributed by atoms with Crippen molar-refractivity contribution in [3.63, 3.8) is 0 Å². The highest BCUT2D eigenvalue weighted by atomic mass is 35.5. The van der Waals surface area contributed by atoms with E-state index in [9.17, 15) is 14.9 Å². The number of carbonyl (C=O) groups excluding carboxylic acids is 1. The molecule has 9 nitrogen and oxygen atoms in total. The number of rotatable bonds is 5. The number of nitro groups is 1. The van der Waals surface area contributed by atoms with Gasteiger partial charge in [0.1, 0.15) is 6.54 Å². The molecule has 140 valence electrons. The minimum absolute atomic E-state index is 0. The van der Waals surface area contributed by atoms with Crippen molar-refractivity contribution in [1.82, 2.24) is 25.0 Å². The number of nitrogens with one attached hydrogen (secondary N) is 1. The molecule has 1 amide bonds. The summed E-state index contributed by atoms with van der Waals surface area (Å²) in [6.45, 7) is 4.01. The van der Waals surface area contributed by atoms with Crippen LogP contribution in [0.15, 0.2) is 30.6 Å². The molecule has 1 aliphatic heterocycles. The van der Waals surface area contributed by atoms with Crippen molar-refractivity contribution < 1.29 is 9.72 Å². The Balaban J connectivity index is 0.00000243. The lowest BCUT2D eigenvalue weighted by Crippen LogP contribution is -2.49. The summed E-state index contributed by atoms with van der Waals surface area (Å²) in [5.41, 5.74) is 2.32. The SMILES string of the molecule is CCc1ccc(C2CNCCN2C(=O)Cn2cnc([N+](=O)[O-])n2)cc1.Cl. The summed E-state index contributed by atoms with van der Waals surface area (Å²) in [6.07, 6.45) is 2.18. The number of carbonyl (C=O) groups is 1. The standard InChI is InChI=1S/C16H20N6O3.ClH/c1-2-12-3-5-13(6-4-12)14-9-17-7-8-21(14)15(23)10-20-11-18-16(19-20)22(24)25;/h3-6,11,14,17H,2,7-10H2,1H3;1H. The average molecular weight is 381 g/mol. The first-order valence-corrected chi connectivity index (χ1v) is 8.21. The molecule has 2 aromatic rings. The van der Waals surface area contributed by atoms with Crippen LogP contribution in [0.3, 0.4) is 0 Å². The van der Waals surface area contributed by atoms with E-state index in [1.54, 1.807) is 4.90 Å². The van der Waals surface area contributed by atoms with Gasteiger partial charge in [-0.2, -0.15) is 4.68 Å². The third-order valence-corrected chi connectivity index (χ3v) is 4.32. The van der Waals surface area contributed by atoms with Crippen molar-refractivity contribution in [1.29, 1.82) is 0 Å². The summed E-state index contributed by atoms with van der Waals surface area (Å²) in [5.74, 6) is -0.634. The Labute approximate surface area is 157 Å². The molecule has 1 aliphatic rings. The Morgan fingerprint density at radius 2 is 2.12 bits per heavy atom. The second-order valence-electron chi connectivity index (χ2n) is 5.90. The molecular formula is C16H21ClN6O3. The lowest BCUT2D eigenvalue weighted by molar-refractivity contribution is -0.394. The van der Waals surface area contributed by atoms with Crippen LogP contribution in [0.4, 0.5) is 5.95 Å². The van der Waals surface area contributed by atoms with E-state index in [-0.39, 0.29) is 30.9 Å². The maximum Gasteiger partial charge on any atom is 0.490 e. The second-order valence-corrected chi connectivity index (χ2v) is 5.90. The molecule has 0 saturated carbocycles. The number of benzene rings is 1. The van der Waals surface area contributed by atoms with Crippen molar-refractivity contribution in [3.8, 4) is 0 Å². The second kappa shape index (κ2) is 8.72. The van der Waals surface area contributed by atoms with Gasteiger partial charge in [0, 0.05) is 24.7 Å². The third kappa shape index (κ3) is 4.36. The van der Waals surface area contributed by atoms with Gasteiger partial charge in [-0.15, -0.1) is 12.4 Å². The van der Waals surface area contributed by atoms with Gasteiger partial charge in [-0.1, -0.05) is 36.2 Å². The van der Waals surface area contributed by atoms with Crippen LogP contribution in [0.2, 0.25) is 0 Å². The van der Waals surface area contributed by atoms with Crippen molar-refractivity contribution in [2.75, 3.05) is 19.6 Å². The monoisotopic (exact) mass is 380 g/mol. The van der Waals surface area contributed by atoms with Gasteiger partial charge in [0.25, 0.3) is 0 Å². The molecule has 1 aromatic heterocycles. The van der Waals surface area contributed by atoms with E-state index in [4.69, 9.17) is 0 Å².